The number of phenolic OH excluding ortho intramolecular Hbond substituents is 2. The number of amides is 1. The van der Waals surface area contributed by atoms with Crippen LogP contribution in [-0.2, 0) is 14.8 Å². The number of sulfonamides is 1. The first-order chi connectivity index (χ1) is 12.8. The Morgan fingerprint density at radius 1 is 0.963 bits per heavy atom. The van der Waals surface area contributed by atoms with Gasteiger partial charge in [0.1, 0.15) is 0 Å². The lowest BCUT2D eigenvalue weighted by molar-refractivity contribution is -0.111. The fourth-order valence-corrected chi connectivity index (χ4v) is 3.38. The number of phenols is 2. The van der Waals surface area contributed by atoms with Crippen molar-refractivity contribution in [1.29, 1.82) is 0 Å². The third kappa shape index (κ3) is 4.08. The van der Waals surface area contributed by atoms with Crippen LogP contribution in [-0.4, -0.2) is 24.5 Å². The largest absolute Gasteiger partial charge is 0.504 e. The second kappa shape index (κ2) is 7.10. The van der Waals surface area contributed by atoms with Crippen LogP contribution in [0.2, 0.25) is 0 Å². The predicted octanol–water partition coefficient (Wildman–Crippen LogP) is 2.55. The summed E-state index contributed by atoms with van der Waals surface area (Å²) in [5, 5.41) is 27.6. The Morgan fingerprint density at radius 2 is 1.67 bits per heavy atom. The fraction of sp³-hybridized carbons (Fsp3) is 0. The number of carbonyl (C=O) groups excluding carboxylic acids is 1. The van der Waals surface area contributed by atoms with E-state index in [0.29, 0.717) is 22.0 Å². The molecule has 3 aromatic carbocycles. The molecule has 0 unspecified atom stereocenters. The van der Waals surface area contributed by atoms with Gasteiger partial charge in [-0.15, -0.1) is 0 Å². The molecule has 0 aliphatic rings. The third-order valence-corrected chi connectivity index (χ3v) is 4.84. The number of nitrogens with one attached hydrogen (secondary N) is 1. The molecule has 0 fully saturated rings. The molecule has 0 saturated heterocycles. The van der Waals surface area contributed by atoms with Crippen LogP contribution < -0.4 is 10.5 Å². The molecular formula is C19H16N2O5S. The lowest BCUT2D eigenvalue weighted by atomic mass is 10.1. The second-order valence-electron chi connectivity index (χ2n) is 5.77. The highest BCUT2D eigenvalue weighted by molar-refractivity contribution is 7.89. The molecule has 0 bridgehead atoms. The van der Waals surface area contributed by atoms with Gasteiger partial charge in [0.05, 0.1) is 4.90 Å². The van der Waals surface area contributed by atoms with E-state index in [1.165, 1.54) is 36.4 Å². The third-order valence-electron chi connectivity index (χ3n) is 3.87. The first kappa shape index (κ1) is 18.4. The molecule has 0 radical (unpaired) electrons. The zero-order valence-electron chi connectivity index (χ0n) is 14.0. The van der Waals surface area contributed by atoms with Crippen molar-refractivity contribution in [3.8, 4) is 11.5 Å². The molecule has 0 aromatic heterocycles. The van der Waals surface area contributed by atoms with E-state index < -0.39 is 15.9 Å². The maximum absolute atomic E-state index is 12.2. The highest BCUT2D eigenvalue weighted by Gasteiger charge is 2.14. The summed E-state index contributed by atoms with van der Waals surface area (Å²) in [6, 6.07) is 13.7. The van der Waals surface area contributed by atoms with Gasteiger partial charge in [0.15, 0.2) is 11.5 Å². The fourth-order valence-electron chi connectivity index (χ4n) is 2.63. The number of benzene rings is 3. The lowest BCUT2D eigenvalue weighted by Gasteiger charge is -2.09. The number of rotatable bonds is 4. The van der Waals surface area contributed by atoms with E-state index in [-0.39, 0.29) is 16.4 Å². The van der Waals surface area contributed by atoms with Crippen molar-refractivity contribution < 1.29 is 23.4 Å². The molecule has 3 aromatic rings. The van der Waals surface area contributed by atoms with Crippen molar-refractivity contribution in [2.75, 3.05) is 5.32 Å². The lowest BCUT2D eigenvalue weighted by Crippen LogP contribution is -2.13. The minimum atomic E-state index is -3.90. The quantitative estimate of drug-likeness (QED) is 0.406. The van der Waals surface area contributed by atoms with Gasteiger partial charge in [0, 0.05) is 22.5 Å². The van der Waals surface area contributed by atoms with Gasteiger partial charge in [-0.1, -0.05) is 30.3 Å². The van der Waals surface area contributed by atoms with Gasteiger partial charge in [-0.25, -0.2) is 13.6 Å². The standard InChI is InChI=1S/C19H16N2O5S/c20-27(25,26)18-6-2-3-13-14(18)4-1-5-15(13)21-19(24)10-8-12-7-9-16(22)17(23)11-12/h1-11,22-23H,(H,21,24)(H2,20,25,26)/b10-8+. The SMILES string of the molecule is NS(=O)(=O)c1cccc2c(NC(=O)/C=C/c3ccc(O)c(O)c3)cccc12. The summed E-state index contributed by atoms with van der Waals surface area (Å²) in [4.78, 5) is 12.2. The van der Waals surface area contributed by atoms with E-state index in [1.807, 2.05) is 0 Å². The van der Waals surface area contributed by atoms with Crippen LogP contribution in [0, 0.1) is 0 Å². The van der Waals surface area contributed by atoms with Crippen LogP contribution in [0.5, 0.6) is 11.5 Å². The number of anilines is 1. The highest BCUT2D eigenvalue weighted by atomic mass is 32.2. The summed E-state index contributed by atoms with van der Waals surface area (Å²) >= 11 is 0. The minimum absolute atomic E-state index is 0.0220. The molecule has 27 heavy (non-hydrogen) atoms. The number of carbonyl (C=O) groups is 1. The zero-order valence-corrected chi connectivity index (χ0v) is 14.8. The number of nitrogens with two attached hydrogens (primary N) is 1. The van der Waals surface area contributed by atoms with Crippen molar-refractivity contribution in [3.05, 3.63) is 66.2 Å². The van der Waals surface area contributed by atoms with Crippen LogP contribution in [0.15, 0.2) is 65.6 Å². The summed E-state index contributed by atoms with van der Waals surface area (Å²) in [5.74, 6) is -0.990. The second-order valence-corrected chi connectivity index (χ2v) is 7.30. The van der Waals surface area contributed by atoms with Gasteiger partial charge >= 0.3 is 0 Å². The van der Waals surface area contributed by atoms with E-state index in [0.717, 1.165) is 0 Å². The number of hydrogen-bond donors (Lipinski definition) is 4. The normalized spacial score (nSPS) is 11.7. The molecular weight excluding hydrogens is 368 g/mol. The van der Waals surface area contributed by atoms with Crippen molar-refractivity contribution >= 4 is 38.5 Å². The van der Waals surface area contributed by atoms with Crippen LogP contribution in [0.1, 0.15) is 5.56 Å². The molecule has 0 spiro atoms. The Labute approximate surface area is 155 Å². The van der Waals surface area contributed by atoms with E-state index >= 15 is 0 Å². The Balaban J connectivity index is 1.89. The van der Waals surface area contributed by atoms with Crippen molar-refractivity contribution in [2.24, 2.45) is 5.14 Å². The maximum Gasteiger partial charge on any atom is 0.248 e. The monoisotopic (exact) mass is 384 g/mol. The maximum atomic E-state index is 12.2. The van der Waals surface area contributed by atoms with Gasteiger partial charge in [-0.05, 0) is 35.9 Å². The van der Waals surface area contributed by atoms with Gasteiger partial charge in [-0.2, -0.15) is 0 Å². The van der Waals surface area contributed by atoms with E-state index in [9.17, 15) is 23.4 Å². The molecule has 5 N–H and O–H groups in total. The highest BCUT2D eigenvalue weighted by Crippen LogP contribution is 2.28. The van der Waals surface area contributed by atoms with Crippen molar-refractivity contribution in [3.63, 3.8) is 0 Å². The summed E-state index contributed by atoms with van der Waals surface area (Å²) in [5.41, 5.74) is 0.955. The first-order valence-electron chi connectivity index (χ1n) is 7.81. The van der Waals surface area contributed by atoms with Gasteiger partial charge in [0.25, 0.3) is 0 Å². The Morgan fingerprint density at radius 3 is 2.37 bits per heavy atom. The van der Waals surface area contributed by atoms with Gasteiger partial charge < -0.3 is 15.5 Å². The molecule has 0 atom stereocenters. The van der Waals surface area contributed by atoms with Gasteiger partial charge in [0.2, 0.25) is 15.9 Å². The van der Waals surface area contributed by atoms with E-state index in [4.69, 9.17) is 5.14 Å². The smallest absolute Gasteiger partial charge is 0.248 e. The molecule has 0 heterocycles. The molecule has 0 saturated carbocycles. The van der Waals surface area contributed by atoms with Crippen LogP contribution in [0.25, 0.3) is 16.8 Å². The summed E-state index contributed by atoms with van der Waals surface area (Å²) in [7, 11) is -3.90. The van der Waals surface area contributed by atoms with Crippen LogP contribution in [0.3, 0.4) is 0 Å². The molecule has 7 nitrogen and oxygen atoms in total. The number of primary sulfonamides is 1. The molecule has 8 heteroatoms. The van der Waals surface area contributed by atoms with Crippen LogP contribution >= 0.6 is 0 Å². The first-order valence-corrected chi connectivity index (χ1v) is 9.36. The average molecular weight is 384 g/mol. The van der Waals surface area contributed by atoms with Gasteiger partial charge in [-0.3, -0.25) is 4.79 Å². The number of hydrogen-bond acceptors (Lipinski definition) is 5. The van der Waals surface area contributed by atoms with Crippen molar-refractivity contribution in [1.82, 2.24) is 0 Å². The molecule has 0 aliphatic heterocycles. The number of aromatic hydroxyl groups is 2. The Bertz CT molecular complexity index is 1170. The van der Waals surface area contributed by atoms with E-state index in [1.54, 1.807) is 30.3 Å². The summed E-state index contributed by atoms with van der Waals surface area (Å²) < 4.78 is 23.5. The molecule has 1 amide bonds. The molecule has 3 rings (SSSR count). The summed E-state index contributed by atoms with van der Waals surface area (Å²) in [6.45, 7) is 0. The summed E-state index contributed by atoms with van der Waals surface area (Å²) in [6.07, 6.45) is 2.73. The van der Waals surface area contributed by atoms with Crippen LogP contribution in [0.4, 0.5) is 5.69 Å². The zero-order chi connectivity index (χ0) is 19.6. The number of fused-ring (bicyclic) bond motifs is 1. The Hall–Kier alpha value is -3.36. The molecule has 0 aliphatic carbocycles. The molecule has 138 valence electrons. The predicted molar refractivity (Wildman–Crippen MR) is 103 cm³/mol. The van der Waals surface area contributed by atoms with E-state index in [2.05, 4.69) is 5.32 Å². The minimum Gasteiger partial charge on any atom is -0.504 e. The average Bonchev–Trinajstić information content (AvgIpc) is 2.62. The topological polar surface area (TPSA) is 130 Å². The Kier molecular flexibility index (Phi) is 4.85. The van der Waals surface area contributed by atoms with Crippen molar-refractivity contribution in [2.45, 2.75) is 4.90 Å².